The van der Waals surface area contributed by atoms with E-state index in [1.165, 1.54) is 17.6 Å². The highest BCUT2D eigenvalue weighted by Crippen LogP contribution is 2.31. The lowest BCUT2D eigenvalue weighted by Gasteiger charge is -2.23. The molecule has 1 N–H and O–H groups in total. The topological polar surface area (TPSA) is 95.6 Å². The predicted molar refractivity (Wildman–Crippen MR) is 97.3 cm³/mol. The Labute approximate surface area is 150 Å². The van der Waals surface area contributed by atoms with E-state index in [-0.39, 0.29) is 17.2 Å². The Morgan fingerprint density at radius 1 is 1.28 bits per heavy atom. The molecule has 1 aromatic carbocycles. The van der Waals surface area contributed by atoms with E-state index in [1.807, 2.05) is 11.8 Å². The molecule has 0 amide bonds. The molecule has 3 rings (SSSR count). The molecule has 0 radical (unpaired) electrons. The first-order chi connectivity index (χ1) is 12.1. The van der Waals surface area contributed by atoms with Crippen LogP contribution in [0.3, 0.4) is 0 Å². The maximum Gasteiger partial charge on any atom is 0.292 e. The molecule has 1 saturated heterocycles. The molecule has 0 bridgehead atoms. The number of aromatic nitrogens is 2. The van der Waals surface area contributed by atoms with Gasteiger partial charge >= 0.3 is 0 Å². The average molecular weight is 363 g/mol. The number of nitrogens with zero attached hydrogens (tertiary/aromatic N) is 5. The monoisotopic (exact) mass is 363 g/mol. The van der Waals surface area contributed by atoms with Crippen LogP contribution >= 0.6 is 11.5 Å². The Morgan fingerprint density at radius 2 is 2.04 bits per heavy atom. The molecule has 1 aliphatic rings. The summed E-state index contributed by atoms with van der Waals surface area (Å²) in [4.78, 5) is 19.8. The molecule has 1 aliphatic heterocycles. The van der Waals surface area contributed by atoms with Crippen LogP contribution in [0.2, 0.25) is 0 Å². The number of rotatable bonds is 5. The maximum atomic E-state index is 11.4. The summed E-state index contributed by atoms with van der Waals surface area (Å²) in [6.45, 7) is 4.88. The maximum absolute atomic E-state index is 11.4. The van der Waals surface area contributed by atoms with E-state index in [0.29, 0.717) is 17.8 Å². The Hall–Kier alpha value is -2.26. The van der Waals surface area contributed by atoms with Gasteiger partial charge in [0.15, 0.2) is 0 Å². The molecular weight excluding hydrogens is 342 g/mol. The summed E-state index contributed by atoms with van der Waals surface area (Å²) >= 11 is 1.41. The summed E-state index contributed by atoms with van der Waals surface area (Å²) in [5, 5.41) is 21.6. The van der Waals surface area contributed by atoms with E-state index >= 15 is 0 Å². The SMILES string of the molecule is CCc1nsc(N2CCCN(c3cc(CO)ccc3[N+](=O)[O-])CC2)n1. The molecule has 0 atom stereocenters. The van der Waals surface area contributed by atoms with Crippen LogP contribution < -0.4 is 9.80 Å². The zero-order chi connectivity index (χ0) is 17.8. The van der Waals surface area contributed by atoms with Gasteiger partial charge in [-0.05, 0) is 24.1 Å². The Bertz CT molecular complexity index is 751. The minimum atomic E-state index is -0.364. The van der Waals surface area contributed by atoms with E-state index in [1.54, 1.807) is 12.1 Å². The van der Waals surface area contributed by atoms with Gasteiger partial charge in [-0.3, -0.25) is 10.1 Å². The smallest absolute Gasteiger partial charge is 0.292 e. The van der Waals surface area contributed by atoms with Crippen molar-refractivity contribution in [3.63, 3.8) is 0 Å². The fraction of sp³-hybridized carbons (Fsp3) is 0.500. The molecule has 1 aromatic heterocycles. The summed E-state index contributed by atoms with van der Waals surface area (Å²) < 4.78 is 4.34. The van der Waals surface area contributed by atoms with Crippen LogP contribution in [0.4, 0.5) is 16.5 Å². The van der Waals surface area contributed by atoms with Crippen LogP contribution in [0.1, 0.15) is 24.7 Å². The minimum absolute atomic E-state index is 0.0786. The predicted octanol–water partition coefficient (Wildman–Crippen LogP) is 2.22. The van der Waals surface area contributed by atoms with Crippen molar-refractivity contribution in [2.24, 2.45) is 0 Å². The van der Waals surface area contributed by atoms with Gasteiger partial charge in [0.2, 0.25) is 5.13 Å². The van der Waals surface area contributed by atoms with E-state index in [9.17, 15) is 15.2 Å². The first-order valence-corrected chi connectivity index (χ1v) is 9.10. The van der Waals surface area contributed by atoms with Crippen molar-refractivity contribution in [2.75, 3.05) is 36.0 Å². The van der Waals surface area contributed by atoms with E-state index < -0.39 is 0 Å². The molecule has 8 nitrogen and oxygen atoms in total. The third kappa shape index (κ3) is 3.88. The molecule has 134 valence electrons. The standard InChI is InChI=1S/C16H21N5O3S/c1-2-15-17-16(25-18-15)20-7-3-6-19(8-9-20)14-10-12(11-22)4-5-13(14)21(23)24/h4-5,10,22H,2-3,6-9,11H2,1H3. The Balaban J connectivity index is 1.80. The van der Waals surface area contributed by atoms with Gasteiger partial charge in [-0.15, -0.1) is 0 Å². The number of aliphatic hydroxyl groups excluding tert-OH is 1. The molecule has 0 spiro atoms. The quantitative estimate of drug-likeness (QED) is 0.643. The number of hydrogen-bond donors (Lipinski definition) is 1. The summed E-state index contributed by atoms with van der Waals surface area (Å²) in [7, 11) is 0. The molecule has 0 saturated carbocycles. The van der Waals surface area contributed by atoms with Crippen molar-refractivity contribution in [3.8, 4) is 0 Å². The molecule has 9 heteroatoms. The second-order valence-electron chi connectivity index (χ2n) is 5.91. The molecular formula is C16H21N5O3S. The lowest BCUT2D eigenvalue weighted by atomic mass is 10.1. The highest BCUT2D eigenvalue weighted by Gasteiger charge is 2.23. The minimum Gasteiger partial charge on any atom is -0.392 e. The van der Waals surface area contributed by atoms with Gasteiger partial charge in [0.1, 0.15) is 11.5 Å². The van der Waals surface area contributed by atoms with Crippen molar-refractivity contribution in [2.45, 2.75) is 26.4 Å². The Morgan fingerprint density at radius 3 is 2.72 bits per heavy atom. The molecule has 25 heavy (non-hydrogen) atoms. The van der Waals surface area contributed by atoms with E-state index in [0.717, 1.165) is 43.4 Å². The van der Waals surface area contributed by atoms with Crippen molar-refractivity contribution in [3.05, 3.63) is 39.7 Å². The fourth-order valence-electron chi connectivity index (χ4n) is 2.94. The summed E-state index contributed by atoms with van der Waals surface area (Å²) in [5.74, 6) is 0.854. The van der Waals surface area contributed by atoms with Gasteiger partial charge in [-0.25, -0.2) is 4.98 Å². The molecule has 0 unspecified atom stereocenters. The van der Waals surface area contributed by atoms with Crippen LogP contribution in [0.5, 0.6) is 0 Å². The Kier molecular flexibility index (Phi) is 5.44. The van der Waals surface area contributed by atoms with Gasteiger partial charge in [0.25, 0.3) is 5.69 Å². The molecule has 2 aromatic rings. The van der Waals surface area contributed by atoms with Gasteiger partial charge in [0, 0.05) is 50.2 Å². The second kappa shape index (κ2) is 7.75. The highest BCUT2D eigenvalue weighted by atomic mass is 32.1. The van der Waals surface area contributed by atoms with Gasteiger partial charge < -0.3 is 14.9 Å². The fourth-order valence-corrected chi connectivity index (χ4v) is 3.74. The van der Waals surface area contributed by atoms with E-state index in [4.69, 9.17) is 0 Å². The van der Waals surface area contributed by atoms with Gasteiger partial charge in [-0.2, -0.15) is 4.37 Å². The second-order valence-corrected chi connectivity index (χ2v) is 6.64. The van der Waals surface area contributed by atoms with Crippen LogP contribution in [-0.4, -0.2) is 45.6 Å². The zero-order valence-corrected chi connectivity index (χ0v) is 14.9. The third-order valence-corrected chi connectivity index (χ3v) is 5.11. The summed E-state index contributed by atoms with van der Waals surface area (Å²) in [6, 6.07) is 4.79. The lowest BCUT2D eigenvalue weighted by Crippen LogP contribution is -2.31. The van der Waals surface area contributed by atoms with Gasteiger partial charge in [-0.1, -0.05) is 6.92 Å². The summed E-state index contributed by atoms with van der Waals surface area (Å²) in [6.07, 6.45) is 1.69. The first kappa shape index (κ1) is 17.6. The number of aliphatic hydroxyl groups is 1. The van der Waals surface area contributed by atoms with Crippen molar-refractivity contribution in [1.82, 2.24) is 9.36 Å². The zero-order valence-electron chi connectivity index (χ0n) is 14.1. The van der Waals surface area contributed by atoms with Crippen molar-refractivity contribution < 1.29 is 10.0 Å². The third-order valence-electron chi connectivity index (χ3n) is 4.30. The molecule has 0 aliphatic carbocycles. The number of benzene rings is 1. The largest absolute Gasteiger partial charge is 0.392 e. The van der Waals surface area contributed by atoms with Gasteiger partial charge in [0.05, 0.1) is 11.5 Å². The molecule has 1 fully saturated rings. The van der Waals surface area contributed by atoms with Crippen LogP contribution in [-0.2, 0) is 13.0 Å². The number of nitro groups is 1. The van der Waals surface area contributed by atoms with E-state index in [2.05, 4.69) is 14.3 Å². The summed E-state index contributed by atoms with van der Waals surface area (Å²) in [5.41, 5.74) is 1.33. The first-order valence-electron chi connectivity index (χ1n) is 8.33. The highest BCUT2D eigenvalue weighted by molar-refractivity contribution is 7.09. The number of hydrogen-bond acceptors (Lipinski definition) is 8. The average Bonchev–Trinajstić information content (AvgIpc) is 2.98. The number of aryl methyl sites for hydroxylation is 1. The van der Waals surface area contributed by atoms with Crippen molar-refractivity contribution in [1.29, 1.82) is 0 Å². The van der Waals surface area contributed by atoms with Crippen LogP contribution in [0.25, 0.3) is 0 Å². The molecule has 2 heterocycles. The lowest BCUT2D eigenvalue weighted by molar-refractivity contribution is -0.384. The van der Waals surface area contributed by atoms with Crippen LogP contribution in [0, 0.1) is 10.1 Å². The van der Waals surface area contributed by atoms with Crippen LogP contribution in [0.15, 0.2) is 18.2 Å². The normalized spacial score (nSPS) is 15.3. The number of anilines is 2. The number of nitro benzene ring substituents is 1. The van der Waals surface area contributed by atoms with Crippen molar-refractivity contribution >= 4 is 28.0 Å².